The number of rotatable bonds is 4. The molecule has 2 aromatic heterocycles. The first kappa shape index (κ1) is 16.0. The molecule has 0 unspecified atom stereocenters. The average Bonchev–Trinajstić information content (AvgIpc) is 2.91. The molecule has 0 bridgehead atoms. The standard InChI is InChI=1S/C15H15BrClN5O/c1-8(2)22-7-18-12-13(20-15(17)21-14(12)22)19-9-4-5-11(23-3)10(16)6-9/h4-8H,1-3H3,(H,19,20,21). The van der Waals surface area contributed by atoms with E-state index >= 15 is 0 Å². The quantitative estimate of drug-likeness (QED) is 0.654. The summed E-state index contributed by atoms with van der Waals surface area (Å²) in [7, 11) is 1.62. The summed E-state index contributed by atoms with van der Waals surface area (Å²) in [6.07, 6.45) is 1.75. The molecule has 120 valence electrons. The molecule has 1 aromatic carbocycles. The van der Waals surface area contributed by atoms with Gasteiger partial charge in [0.05, 0.1) is 17.9 Å². The first-order valence-electron chi connectivity index (χ1n) is 7.00. The van der Waals surface area contributed by atoms with Crippen molar-refractivity contribution in [2.45, 2.75) is 19.9 Å². The summed E-state index contributed by atoms with van der Waals surface area (Å²) < 4.78 is 8.03. The molecular formula is C15H15BrClN5O. The molecule has 0 saturated heterocycles. The van der Waals surface area contributed by atoms with Gasteiger partial charge in [0.2, 0.25) is 5.28 Å². The first-order chi connectivity index (χ1) is 11.0. The van der Waals surface area contributed by atoms with E-state index in [2.05, 4.69) is 50.0 Å². The zero-order valence-corrected chi connectivity index (χ0v) is 15.2. The highest BCUT2D eigenvalue weighted by atomic mass is 79.9. The van der Waals surface area contributed by atoms with Gasteiger partial charge in [-0.2, -0.15) is 9.97 Å². The number of hydrogen-bond donors (Lipinski definition) is 1. The third kappa shape index (κ3) is 3.11. The molecule has 0 aliphatic heterocycles. The molecule has 0 radical (unpaired) electrons. The van der Waals surface area contributed by atoms with E-state index in [1.54, 1.807) is 13.4 Å². The van der Waals surface area contributed by atoms with E-state index in [1.165, 1.54) is 0 Å². The number of hydrogen-bond acceptors (Lipinski definition) is 5. The van der Waals surface area contributed by atoms with Gasteiger partial charge in [-0.05, 0) is 59.6 Å². The lowest BCUT2D eigenvalue weighted by atomic mass is 10.3. The Bertz CT molecular complexity index is 864. The SMILES string of the molecule is COc1ccc(Nc2nc(Cl)nc3c2ncn3C(C)C)cc1Br. The van der Waals surface area contributed by atoms with E-state index in [4.69, 9.17) is 16.3 Å². The van der Waals surface area contributed by atoms with Crippen LogP contribution in [0.2, 0.25) is 5.28 Å². The zero-order chi connectivity index (χ0) is 16.6. The van der Waals surface area contributed by atoms with Gasteiger partial charge in [-0.3, -0.25) is 0 Å². The van der Waals surface area contributed by atoms with Crippen LogP contribution in [0.25, 0.3) is 11.2 Å². The van der Waals surface area contributed by atoms with Crippen LogP contribution in [-0.4, -0.2) is 26.6 Å². The summed E-state index contributed by atoms with van der Waals surface area (Å²) >= 11 is 9.53. The number of halogens is 2. The maximum absolute atomic E-state index is 6.07. The van der Waals surface area contributed by atoms with Gasteiger partial charge in [0.1, 0.15) is 5.75 Å². The van der Waals surface area contributed by atoms with Crippen molar-refractivity contribution in [3.63, 3.8) is 0 Å². The Hall–Kier alpha value is -1.86. The van der Waals surface area contributed by atoms with Crippen LogP contribution in [0.4, 0.5) is 11.5 Å². The van der Waals surface area contributed by atoms with Crippen molar-refractivity contribution in [2.75, 3.05) is 12.4 Å². The highest BCUT2D eigenvalue weighted by Gasteiger charge is 2.14. The summed E-state index contributed by atoms with van der Waals surface area (Å²) in [5, 5.41) is 3.41. The minimum Gasteiger partial charge on any atom is -0.496 e. The van der Waals surface area contributed by atoms with E-state index < -0.39 is 0 Å². The third-order valence-electron chi connectivity index (χ3n) is 3.37. The Morgan fingerprint density at radius 3 is 2.74 bits per heavy atom. The van der Waals surface area contributed by atoms with Crippen LogP contribution in [-0.2, 0) is 0 Å². The molecule has 3 aromatic rings. The second kappa shape index (κ2) is 6.33. The smallest absolute Gasteiger partial charge is 0.226 e. The molecular weight excluding hydrogens is 382 g/mol. The lowest BCUT2D eigenvalue weighted by Crippen LogP contribution is -2.02. The number of anilines is 2. The van der Waals surface area contributed by atoms with Gasteiger partial charge in [0.25, 0.3) is 0 Å². The second-order valence-electron chi connectivity index (χ2n) is 5.23. The van der Waals surface area contributed by atoms with Gasteiger partial charge in [0, 0.05) is 11.7 Å². The Morgan fingerprint density at radius 1 is 1.30 bits per heavy atom. The fraction of sp³-hybridized carbons (Fsp3) is 0.267. The van der Waals surface area contributed by atoms with Crippen LogP contribution in [0.15, 0.2) is 29.0 Å². The lowest BCUT2D eigenvalue weighted by molar-refractivity contribution is 0.412. The van der Waals surface area contributed by atoms with Crippen LogP contribution in [0.1, 0.15) is 19.9 Å². The molecule has 2 heterocycles. The van der Waals surface area contributed by atoms with Crippen LogP contribution < -0.4 is 10.1 Å². The zero-order valence-electron chi connectivity index (χ0n) is 12.8. The van der Waals surface area contributed by atoms with Crippen molar-refractivity contribution in [1.82, 2.24) is 19.5 Å². The summed E-state index contributed by atoms with van der Waals surface area (Å²) in [6.45, 7) is 4.12. The molecule has 0 spiro atoms. The Morgan fingerprint density at radius 2 is 2.09 bits per heavy atom. The van der Waals surface area contributed by atoms with Crippen molar-refractivity contribution in [1.29, 1.82) is 0 Å². The van der Waals surface area contributed by atoms with Crippen molar-refractivity contribution >= 4 is 50.2 Å². The van der Waals surface area contributed by atoms with E-state index in [0.717, 1.165) is 15.9 Å². The second-order valence-corrected chi connectivity index (χ2v) is 6.43. The minimum atomic E-state index is 0.176. The lowest BCUT2D eigenvalue weighted by Gasteiger charge is -2.10. The largest absolute Gasteiger partial charge is 0.496 e. The number of nitrogens with zero attached hydrogens (tertiary/aromatic N) is 4. The van der Waals surface area contributed by atoms with E-state index in [1.807, 2.05) is 22.8 Å². The fourth-order valence-electron chi connectivity index (χ4n) is 2.24. The van der Waals surface area contributed by atoms with Gasteiger partial charge in [-0.25, -0.2) is 4.98 Å². The number of aromatic nitrogens is 4. The molecule has 1 N–H and O–H groups in total. The summed E-state index contributed by atoms with van der Waals surface area (Å²) in [4.78, 5) is 13.0. The van der Waals surface area contributed by atoms with Crippen LogP contribution >= 0.6 is 27.5 Å². The van der Waals surface area contributed by atoms with Crippen LogP contribution in [0, 0.1) is 0 Å². The van der Waals surface area contributed by atoms with Gasteiger partial charge < -0.3 is 14.6 Å². The average molecular weight is 397 g/mol. The third-order valence-corrected chi connectivity index (χ3v) is 4.15. The van der Waals surface area contributed by atoms with Gasteiger partial charge in [0.15, 0.2) is 17.0 Å². The maximum atomic E-state index is 6.07. The highest BCUT2D eigenvalue weighted by Crippen LogP contribution is 2.31. The molecule has 0 aliphatic carbocycles. The maximum Gasteiger partial charge on any atom is 0.226 e. The van der Waals surface area contributed by atoms with Crippen molar-refractivity contribution in [3.05, 3.63) is 34.3 Å². The van der Waals surface area contributed by atoms with E-state index in [0.29, 0.717) is 17.0 Å². The fourth-order valence-corrected chi connectivity index (χ4v) is 2.94. The van der Waals surface area contributed by atoms with E-state index in [-0.39, 0.29) is 11.3 Å². The van der Waals surface area contributed by atoms with Crippen LogP contribution in [0.3, 0.4) is 0 Å². The molecule has 0 amide bonds. The molecule has 0 aliphatic rings. The molecule has 8 heteroatoms. The molecule has 0 atom stereocenters. The monoisotopic (exact) mass is 395 g/mol. The number of fused-ring (bicyclic) bond motifs is 1. The topological polar surface area (TPSA) is 64.9 Å². The van der Waals surface area contributed by atoms with Gasteiger partial charge >= 0.3 is 0 Å². The molecule has 3 rings (SSSR count). The van der Waals surface area contributed by atoms with Crippen molar-refractivity contribution < 1.29 is 4.74 Å². The summed E-state index contributed by atoms with van der Waals surface area (Å²) in [5.41, 5.74) is 2.22. The number of ether oxygens (including phenoxy) is 1. The Balaban J connectivity index is 2.04. The minimum absolute atomic E-state index is 0.176. The van der Waals surface area contributed by atoms with E-state index in [9.17, 15) is 0 Å². The number of methoxy groups -OCH3 is 1. The highest BCUT2D eigenvalue weighted by molar-refractivity contribution is 9.10. The molecule has 0 fully saturated rings. The number of benzene rings is 1. The summed E-state index contributed by atoms with van der Waals surface area (Å²) in [6, 6.07) is 5.89. The van der Waals surface area contributed by atoms with Crippen molar-refractivity contribution in [3.8, 4) is 5.75 Å². The number of imidazole rings is 1. The van der Waals surface area contributed by atoms with Crippen molar-refractivity contribution in [2.24, 2.45) is 0 Å². The predicted octanol–water partition coefficient (Wildman–Crippen LogP) is 4.58. The number of nitrogens with one attached hydrogen (secondary N) is 1. The van der Waals surface area contributed by atoms with Crippen LogP contribution in [0.5, 0.6) is 5.75 Å². The Labute approximate surface area is 147 Å². The molecule has 0 saturated carbocycles. The molecule has 23 heavy (non-hydrogen) atoms. The normalized spacial score (nSPS) is 11.2. The molecule has 6 nitrogen and oxygen atoms in total. The first-order valence-corrected chi connectivity index (χ1v) is 8.17. The van der Waals surface area contributed by atoms with Gasteiger partial charge in [-0.15, -0.1) is 0 Å². The summed E-state index contributed by atoms with van der Waals surface area (Å²) in [5.74, 6) is 1.32. The predicted molar refractivity (Wildman–Crippen MR) is 94.7 cm³/mol. The Kier molecular flexibility index (Phi) is 4.41. The van der Waals surface area contributed by atoms with Gasteiger partial charge in [-0.1, -0.05) is 0 Å².